The summed E-state index contributed by atoms with van der Waals surface area (Å²) in [6.45, 7) is 6.66. The highest BCUT2D eigenvalue weighted by Gasteiger charge is 2.21. The lowest BCUT2D eigenvalue weighted by Crippen LogP contribution is -2.30. The molecule has 0 aliphatic carbocycles. The number of carbonyl (C=O) groups excluding carboxylic acids is 2. The Morgan fingerprint density at radius 2 is 1.82 bits per heavy atom. The number of nitrogens with one attached hydrogen (secondary N) is 1. The molecular formula is C26H27N3O4S. The van der Waals surface area contributed by atoms with E-state index < -0.39 is 0 Å². The topological polar surface area (TPSA) is 80.8 Å². The minimum Gasteiger partial charge on any atom is -0.486 e. The van der Waals surface area contributed by atoms with Crippen molar-refractivity contribution in [2.24, 2.45) is 5.92 Å². The first kappa shape index (κ1) is 23.5. The second-order valence-corrected chi connectivity index (χ2v) is 9.05. The van der Waals surface area contributed by atoms with Gasteiger partial charge in [-0.2, -0.15) is 0 Å². The Morgan fingerprint density at radius 3 is 2.53 bits per heavy atom. The summed E-state index contributed by atoms with van der Waals surface area (Å²) in [5, 5.41) is 5.44. The lowest BCUT2D eigenvalue weighted by Gasteiger charge is -2.25. The van der Waals surface area contributed by atoms with Crippen LogP contribution in [0.15, 0.2) is 60.0 Å². The minimum absolute atomic E-state index is 0.131. The van der Waals surface area contributed by atoms with Crippen molar-refractivity contribution in [2.45, 2.75) is 26.8 Å². The monoisotopic (exact) mass is 477 g/mol. The van der Waals surface area contributed by atoms with Crippen molar-refractivity contribution >= 4 is 40.0 Å². The smallest absolute Gasteiger partial charge is 0.244 e. The number of ether oxygens (including phenoxy) is 2. The standard InChI is InChI=1S/C26H27N3O4S/c1-17(2)25(19-9-11-22-23(15-19)33-14-13-32-22)28-24(31)12-10-20-16-34-26(27-20)29(18(3)30)21-7-5-4-6-8-21/h4-12,15-17,25H,13-14H2,1-3H3,(H,28,31)/b12-10+. The fourth-order valence-corrected chi connectivity index (χ4v) is 4.57. The average molecular weight is 478 g/mol. The Kier molecular flexibility index (Phi) is 7.27. The van der Waals surface area contributed by atoms with Crippen molar-refractivity contribution in [2.75, 3.05) is 18.1 Å². The molecule has 1 aliphatic rings. The molecule has 0 saturated heterocycles. The van der Waals surface area contributed by atoms with Crippen molar-refractivity contribution in [3.05, 3.63) is 71.2 Å². The van der Waals surface area contributed by atoms with Crippen LogP contribution in [0.25, 0.3) is 6.08 Å². The van der Waals surface area contributed by atoms with E-state index in [1.807, 2.05) is 53.9 Å². The molecule has 0 saturated carbocycles. The highest BCUT2D eigenvalue weighted by molar-refractivity contribution is 7.14. The Morgan fingerprint density at radius 1 is 1.09 bits per heavy atom. The lowest BCUT2D eigenvalue weighted by molar-refractivity contribution is -0.117. The summed E-state index contributed by atoms with van der Waals surface area (Å²) in [5.41, 5.74) is 2.31. The van der Waals surface area contributed by atoms with Gasteiger partial charge in [0.15, 0.2) is 16.6 Å². The van der Waals surface area contributed by atoms with Gasteiger partial charge in [0.05, 0.1) is 17.4 Å². The Labute approximate surface area is 203 Å². The van der Waals surface area contributed by atoms with Gasteiger partial charge >= 0.3 is 0 Å². The van der Waals surface area contributed by atoms with E-state index >= 15 is 0 Å². The molecule has 4 rings (SSSR count). The summed E-state index contributed by atoms with van der Waals surface area (Å²) in [7, 11) is 0. The van der Waals surface area contributed by atoms with Gasteiger partial charge in [-0.3, -0.25) is 14.5 Å². The van der Waals surface area contributed by atoms with Crippen LogP contribution in [-0.4, -0.2) is 30.0 Å². The van der Waals surface area contributed by atoms with Gasteiger partial charge in [0.1, 0.15) is 13.2 Å². The number of aromatic nitrogens is 1. The zero-order valence-corrected chi connectivity index (χ0v) is 20.2. The van der Waals surface area contributed by atoms with Crippen LogP contribution >= 0.6 is 11.3 Å². The first-order chi connectivity index (χ1) is 16.4. The third-order valence-corrected chi connectivity index (χ3v) is 6.17. The second kappa shape index (κ2) is 10.5. The van der Waals surface area contributed by atoms with E-state index in [2.05, 4.69) is 24.1 Å². The highest BCUT2D eigenvalue weighted by atomic mass is 32.1. The van der Waals surface area contributed by atoms with Gasteiger partial charge in [0.2, 0.25) is 11.8 Å². The quantitative estimate of drug-likeness (QED) is 0.478. The van der Waals surface area contributed by atoms with E-state index in [1.165, 1.54) is 24.3 Å². The maximum Gasteiger partial charge on any atom is 0.244 e. The van der Waals surface area contributed by atoms with Crippen LogP contribution in [0, 0.1) is 5.92 Å². The number of hydrogen-bond donors (Lipinski definition) is 1. The van der Waals surface area contributed by atoms with Crippen LogP contribution in [-0.2, 0) is 9.59 Å². The molecule has 0 bridgehead atoms. The molecule has 0 spiro atoms. The molecule has 0 radical (unpaired) electrons. The van der Waals surface area contributed by atoms with Crippen LogP contribution < -0.4 is 19.7 Å². The molecule has 1 atom stereocenters. The van der Waals surface area contributed by atoms with Gasteiger partial charge in [-0.15, -0.1) is 11.3 Å². The summed E-state index contributed by atoms with van der Waals surface area (Å²) < 4.78 is 11.3. The molecule has 34 heavy (non-hydrogen) atoms. The predicted octanol–water partition coefficient (Wildman–Crippen LogP) is 5.13. The molecule has 3 aromatic rings. The largest absolute Gasteiger partial charge is 0.486 e. The van der Waals surface area contributed by atoms with Gasteiger partial charge in [-0.25, -0.2) is 4.98 Å². The number of fused-ring (bicyclic) bond motifs is 1. The van der Waals surface area contributed by atoms with E-state index in [9.17, 15) is 9.59 Å². The maximum atomic E-state index is 12.7. The third-order valence-electron chi connectivity index (χ3n) is 5.33. The van der Waals surface area contributed by atoms with E-state index in [0.717, 1.165) is 17.0 Å². The van der Waals surface area contributed by atoms with Crippen molar-refractivity contribution in [1.29, 1.82) is 0 Å². The number of benzene rings is 2. The lowest BCUT2D eigenvalue weighted by atomic mass is 9.95. The first-order valence-electron chi connectivity index (χ1n) is 11.1. The van der Waals surface area contributed by atoms with Crippen molar-refractivity contribution in [3.8, 4) is 11.5 Å². The molecule has 0 fully saturated rings. The fraction of sp³-hybridized carbons (Fsp3) is 0.269. The van der Waals surface area contributed by atoms with E-state index in [0.29, 0.717) is 29.8 Å². The molecule has 2 heterocycles. The van der Waals surface area contributed by atoms with Gasteiger partial charge in [-0.05, 0) is 41.8 Å². The molecule has 2 aromatic carbocycles. The van der Waals surface area contributed by atoms with E-state index in [4.69, 9.17) is 9.47 Å². The van der Waals surface area contributed by atoms with Crippen molar-refractivity contribution < 1.29 is 19.1 Å². The summed E-state index contributed by atoms with van der Waals surface area (Å²) in [4.78, 5) is 31.0. The maximum absolute atomic E-state index is 12.7. The van der Waals surface area contributed by atoms with Gasteiger partial charge in [0, 0.05) is 18.4 Å². The molecule has 176 valence electrons. The van der Waals surface area contributed by atoms with Crippen LogP contribution in [0.3, 0.4) is 0 Å². The summed E-state index contributed by atoms with van der Waals surface area (Å²) in [6.07, 6.45) is 3.12. The molecule has 1 N–H and O–H groups in total. The predicted molar refractivity (Wildman–Crippen MR) is 134 cm³/mol. The number of thiazole rings is 1. The number of amides is 2. The number of nitrogens with zero attached hydrogens (tertiary/aromatic N) is 2. The summed E-state index contributed by atoms with van der Waals surface area (Å²) in [5.74, 6) is 1.23. The van der Waals surface area contributed by atoms with Crippen LogP contribution in [0.5, 0.6) is 11.5 Å². The van der Waals surface area contributed by atoms with E-state index in [-0.39, 0.29) is 23.8 Å². The van der Waals surface area contributed by atoms with Gasteiger partial charge < -0.3 is 14.8 Å². The average Bonchev–Trinajstić information content (AvgIpc) is 3.29. The number of carbonyl (C=O) groups is 2. The van der Waals surface area contributed by atoms with Crippen molar-refractivity contribution in [3.63, 3.8) is 0 Å². The number of hydrogen-bond acceptors (Lipinski definition) is 6. The summed E-state index contributed by atoms with van der Waals surface area (Å²) in [6, 6.07) is 14.9. The summed E-state index contributed by atoms with van der Waals surface area (Å²) >= 11 is 1.35. The molecule has 1 unspecified atom stereocenters. The number of rotatable bonds is 7. The van der Waals surface area contributed by atoms with Crippen molar-refractivity contribution in [1.82, 2.24) is 10.3 Å². The van der Waals surface area contributed by atoms with Gasteiger partial charge in [-0.1, -0.05) is 38.1 Å². The van der Waals surface area contributed by atoms with Crippen LogP contribution in [0.2, 0.25) is 0 Å². The van der Waals surface area contributed by atoms with E-state index in [1.54, 1.807) is 11.0 Å². The molecule has 1 aromatic heterocycles. The second-order valence-electron chi connectivity index (χ2n) is 8.21. The van der Waals surface area contributed by atoms with Crippen LogP contribution in [0.1, 0.15) is 38.1 Å². The normalized spacial score (nSPS) is 13.6. The first-order valence-corrected chi connectivity index (χ1v) is 12.0. The zero-order chi connectivity index (χ0) is 24.1. The molecule has 2 amide bonds. The Hall–Kier alpha value is -3.65. The minimum atomic E-state index is -0.227. The Bertz CT molecular complexity index is 1190. The number of para-hydroxylation sites is 1. The SMILES string of the molecule is CC(=O)N(c1ccccc1)c1nc(/C=C/C(=O)NC(c2ccc3c(c2)OCCO3)C(C)C)cs1. The fourth-order valence-electron chi connectivity index (χ4n) is 3.71. The molecule has 7 nitrogen and oxygen atoms in total. The van der Waals surface area contributed by atoms with Crippen LogP contribution in [0.4, 0.5) is 10.8 Å². The molecule has 8 heteroatoms. The molecule has 1 aliphatic heterocycles. The highest BCUT2D eigenvalue weighted by Crippen LogP contribution is 2.34. The Balaban J connectivity index is 1.46. The molecular weight excluding hydrogens is 450 g/mol. The van der Waals surface area contributed by atoms with Gasteiger partial charge in [0.25, 0.3) is 0 Å². The zero-order valence-electron chi connectivity index (χ0n) is 19.4. The number of anilines is 2. The third kappa shape index (κ3) is 5.46.